The summed E-state index contributed by atoms with van der Waals surface area (Å²) in [6.07, 6.45) is 0. The van der Waals surface area contributed by atoms with E-state index in [1.807, 2.05) is 0 Å². The molecule has 1 nitrogen and oxygen atoms in total. The highest BCUT2D eigenvalue weighted by Gasteiger charge is 1.92. The first-order valence-corrected chi connectivity index (χ1v) is 2.78. The summed E-state index contributed by atoms with van der Waals surface area (Å²) in [7, 11) is 0. The predicted octanol–water partition coefficient (Wildman–Crippen LogP) is 1.89. The van der Waals surface area contributed by atoms with Crippen molar-refractivity contribution in [1.82, 2.24) is 0 Å². The second-order valence-corrected chi connectivity index (χ2v) is 1.83. The first-order chi connectivity index (χ1) is 4.72. The minimum Gasteiger partial charge on any atom is -0.295 e. The molecule has 46 valence electrons. The molecular formula is C8H8O. The Morgan fingerprint density at radius 2 is 2.33 bits per heavy atom. The van der Waals surface area contributed by atoms with Crippen LogP contribution in [0.3, 0.4) is 0 Å². The number of hydrogen-bond donors (Lipinski definition) is 0. The highest BCUT2D eigenvalue weighted by Crippen LogP contribution is 1.97. The van der Waals surface area contributed by atoms with Crippen molar-refractivity contribution in [2.75, 3.05) is 0 Å². The van der Waals surface area contributed by atoms with Gasteiger partial charge in [0.2, 0.25) is 0 Å². The van der Waals surface area contributed by atoms with E-state index in [1.54, 1.807) is 24.3 Å². The Hall–Kier alpha value is -1.11. The minimum atomic E-state index is -0.0504. The van der Waals surface area contributed by atoms with Crippen LogP contribution in [-0.2, 0) is 0 Å². The number of benzene rings is 1. The van der Waals surface area contributed by atoms with E-state index in [4.69, 9.17) is 1.37 Å². The van der Waals surface area contributed by atoms with Crippen molar-refractivity contribution in [2.24, 2.45) is 0 Å². The van der Waals surface area contributed by atoms with Gasteiger partial charge in [0.15, 0.2) is 5.78 Å². The maximum atomic E-state index is 10.7. The molecule has 0 aromatic heterocycles. The monoisotopic (exact) mass is 121 g/mol. The third-order valence-corrected chi connectivity index (χ3v) is 1.09. The zero-order chi connectivity index (χ0) is 7.56. The van der Waals surface area contributed by atoms with Gasteiger partial charge in [-0.25, -0.2) is 0 Å². The molecule has 0 spiro atoms. The molecule has 0 aliphatic carbocycles. The van der Waals surface area contributed by atoms with Crippen LogP contribution in [0.2, 0.25) is 0 Å². The van der Waals surface area contributed by atoms with Crippen LogP contribution in [-0.4, -0.2) is 5.78 Å². The number of Topliss-reactive ketones (excluding diaryl/α,β-unsaturated/α-hetero) is 1. The number of carbonyl (C=O) groups excluding carboxylic acids is 1. The van der Waals surface area contributed by atoms with Crippen LogP contribution in [0.5, 0.6) is 0 Å². The first-order valence-electron chi connectivity index (χ1n) is 3.28. The largest absolute Gasteiger partial charge is 0.295 e. The lowest BCUT2D eigenvalue weighted by Crippen LogP contribution is -1.88. The predicted molar refractivity (Wildman–Crippen MR) is 36.4 cm³/mol. The Morgan fingerprint density at radius 3 is 2.78 bits per heavy atom. The average Bonchev–Trinajstić information content (AvgIpc) is 1.88. The molecule has 0 saturated heterocycles. The van der Waals surface area contributed by atoms with Crippen LogP contribution in [0.25, 0.3) is 0 Å². The van der Waals surface area contributed by atoms with E-state index >= 15 is 0 Å². The molecule has 1 aromatic rings. The molecule has 0 heterocycles. The lowest BCUT2D eigenvalue weighted by Gasteiger charge is -1.89. The van der Waals surface area contributed by atoms with Gasteiger partial charge in [-0.2, -0.15) is 0 Å². The average molecular weight is 121 g/mol. The van der Waals surface area contributed by atoms with Gasteiger partial charge >= 0.3 is 0 Å². The summed E-state index contributed by atoms with van der Waals surface area (Å²) in [5.41, 5.74) is 0.488. The molecule has 0 N–H and O–H groups in total. The zero-order valence-corrected chi connectivity index (χ0v) is 5.22. The molecule has 0 saturated carbocycles. The molecule has 1 aromatic carbocycles. The third-order valence-electron chi connectivity index (χ3n) is 1.09. The van der Waals surface area contributed by atoms with Gasteiger partial charge in [0.1, 0.15) is 0 Å². The Morgan fingerprint density at radius 1 is 1.56 bits per heavy atom. The van der Waals surface area contributed by atoms with Crippen molar-refractivity contribution in [2.45, 2.75) is 6.92 Å². The Bertz CT molecular complexity index is 255. The van der Waals surface area contributed by atoms with E-state index in [0.717, 1.165) is 0 Å². The van der Waals surface area contributed by atoms with Crippen molar-refractivity contribution in [3.05, 3.63) is 35.9 Å². The Kier molecular flexibility index (Phi) is 1.29. The molecular weight excluding hydrogens is 112 g/mol. The van der Waals surface area contributed by atoms with Gasteiger partial charge in [0.05, 0.1) is 1.37 Å². The molecule has 0 unspecified atom stereocenters. The van der Waals surface area contributed by atoms with E-state index in [9.17, 15) is 4.79 Å². The van der Waals surface area contributed by atoms with Gasteiger partial charge in [-0.15, -0.1) is 0 Å². The van der Waals surface area contributed by atoms with E-state index < -0.39 is 0 Å². The van der Waals surface area contributed by atoms with Crippen LogP contribution < -0.4 is 0 Å². The molecule has 0 aliphatic heterocycles. The summed E-state index contributed by atoms with van der Waals surface area (Å²) in [6, 6.07) is 7.07. The topological polar surface area (TPSA) is 17.1 Å². The molecule has 0 atom stereocenters. The summed E-state index contributed by atoms with van der Waals surface area (Å²) >= 11 is 0. The molecule has 0 fully saturated rings. The number of ketones is 1. The van der Waals surface area contributed by atoms with Gasteiger partial charge in [0.25, 0.3) is 0 Å². The van der Waals surface area contributed by atoms with Gasteiger partial charge in [-0.05, 0) is 6.92 Å². The molecule has 0 amide bonds. The van der Waals surface area contributed by atoms with Crippen LogP contribution in [0.15, 0.2) is 30.3 Å². The molecule has 9 heavy (non-hydrogen) atoms. The quantitative estimate of drug-likeness (QED) is 0.518. The van der Waals surface area contributed by atoms with E-state index in [1.165, 1.54) is 6.92 Å². The summed E-state index contributed by atoms with van der Waals surface area (Å²) in [5, 5.41) is 0. The smallest absolute Gasteiger partial charge is 0.159 e. The minimum absolute atomic E-state index is 0.0504. The number of carbonyl (C=O) groups is 1. The Labute approximate surface area is 55.7 Å². The summed E-state index contributed by atoms with van der Waals surface area (Å²) in [5.74, 6) is -0.0504. The fourth-order valence-corrected chi connectivity index (χ4v) is 0.612. The zero-order valence-electron chi connectivity index (χ0n) is 6.22. The molecule has 1 rings (SSSR count). The highest BCUT2D eigenvalue weighted by atomic mass is 16.1. The first kappa shape index (κ1) is 4.74. The fraction of sp³-hybridized carbons (Fsp3) is 0.125. The van der Waals surface area contributed by atoms with Crippen LogP contribution in [0.1, 0.15) is 18.7 Å². The van der Waals surface area contributed by atoms with Crippen molar-refractivity contribution < 1.29 is 6.17 Å². The maximum Gasteiger partial charge on any atom is 0.159 e. The van der Waals surface area contributed by atoms with Crippen molar-refractivity contribution >= 4 is 5.78 Å². The van der Waals surface area contributed by atoms with Crippen molar-refractivity contribution in [3.8, 4) is 0 Å². The lowest BCUT2D eigenvalue weighted by molar-refractivity contribution is 0.101. The summed E-state index contributed by atoms with van der Waals surface area (Å²) < 4.78 is 7.28. The van der Waals surface area contributed by atoms with Crippen LogP contribution in [0, 0.1) is 0 Å². The number of hydrogen-bond acceptors (Lipinski definition) is 1. The maximum absolute atomic E-state index is 10.7. The summed E-state index contributed by atoms with van der Waals surface area (Å²) in [6.45, 7) is 1.47. The molecule has 1 heteroatoms. The second-order valence-electron chi connectivity index (χ2n) is 1.83. The van der Waals surface area contributed by atoms with Crippen LogP contribution in [0.4, 0.5) is 0 Å². The Balaban J connectivity index is 3.15. The molecule has 0 radical (unpaired) electrons. The third kappa shape index (κ3) is 1.39. The van der Waals surface area contributed by atoms with Gasteiger partial charge < -0.3 is 0 Å². The van der Waals surface area contributed by atoms with E-state index in [-0.39, 0.29) is 5.78 Å². The SMILES string of the molecule is [2H]c1ccccc1C(C)=O. The summed E-state index contributed by atoms with van der Waals surface area (Å²) in [4.78, 5) is 10.7. The van der Waals surface area contributed by atoms with Gasteiger partial charge in [-0.1, -0.05) is 30.3 Å². The van der Waals surface area contributed by atoms with E-state index in [2.05, 4.69) is 0 Å². The van der Waals surface area contributed by atoms with Crippen LogP contribution >= 0.6 is 0 Å². The standard InChI is InChI=1S/C8H8O/c1-7(9)8-5-3-2-4-6-8/h2-6H,1H3/i5D. The fourth-order valence-electron chi connectivity index (χ4n) is 0.612. The van der Waals surface area contributed by atoms with Gasteiger partial charge in [0, 0.05) is 5.56 Å². The second kappa shape index (κ2) is 2.44. The van der Waals surface area contributed by atoms with Crippen molar-refractivity contribution in [3.63, 3.8) is 0 Å². The van der Waals surface area contributed by atoms with Gasteiger partial charge in [-0.3, -0.25) is 4.79 Å². The number of rotatable bonds is 1. The van der Waals surface area contributed by atoms with E-state index in [0.29, 0.717) is 11.6 Å². The van der Waals surface area contributed by atoms with Crippen molar-refractivity contribution in [1.29, 1.82) is 0 Å². The highest BCUT2D eigenvalue weighted by molar-refractivity contribution is 5.93. The molecule has 0 bridgehead atoms. The lowest BCUT2D eigenvalue weighted by atomic mass is 10.2. The normalized spacial score (nSPS) is 10.6. The molecule has 0 aliphatic rings.